The number of ether oxygens (including phenoxy) is 2. The van der Waals surface area contributed by atoms with Crippen molar-refractivity contribution in [2.45, 2.75) is 65.2 Å². The number of para-hydroxylation sites is 2. The first-order valence-electron chi connectivity index (χ1n) is 17.4. The highest BCUT2D eigenvalue weighted by molar-refractivity contribution is 5.89. The van der Waals surface area contributed by atoms with Gasteiger partial charge < -0.3 is 14.4 Å². The number of pyridine rings is 1. The lowest BCUT2D eigenvalue weighted by Gasteiger charge is -2.19. The molecule has 0 aliphatic rings. The van der Waals surface area contributed by atoms with E-state index in [1.165, 1.54) is 49.7 Å². The van der Waals surface area contributed by atoms with Crippen LogP contribution < -0.4 is 14.4 Å². The number of benzene rings is 4. The fourth-order valence-corrected chi connectivity index (χ4v) is 5.91. The third-order valence-electron chi connectivity index (χ3n) is 8.58. The summed E-state index contributed by atoms with van der Waals surface area (Å²) in [7, 11) is 4.18. The normalized spacial score (nSPS) is 11.0. The summed E-state index contributed by atoms with van der Waals surface area (Å²) in [6.45, 7) is 5.86. The molecule has 0 fully saturated rings. The van der Waals surface area contributed by atoms with Gasteiger partial charge in [0, 0.05) is 30.9 Å². The van der Waals surface area contributed by atoms with Crippen LogP contribution in [0.3, 0.4) is 0 Å². The van der Waals surface area contributed by atoms with Crippen LogP contribution >= 0.6 is 0 Å². The van der Waals surface area contributed by atoms with Gasteiger partial charge in [0.25, 0.3) is 0 Å². The van der Waals surface area contributed by atoms with Gasteiger partial charge in [-0.15, -0.1) is 0 Å². The van der Waals surface area contributed by atoms with Crippen molar-refractivity contribution >= 4 is 5.69 Å². The van der Waals surface area contributed by atoms with Crippen LogP contribution in [0, 0.1) is 0 Å². The predicted octanol–water partition coefficient (Wildman–Crippen LogP) is 11.7. The lowest BCUT2D eigenvalue weighted by atomic mass is 9.92. The minimum Gasteiger partial charge on any atom is -0.493 e. The van der Waals surface area contributed by atoms with E-state index in [-0.39, 0.29) is 0 Å². The fourth-order valence-electron chi connectivity index (χ4n) is 5.91. The number of rotatable bonds is 17. The molecule has 4 heteroatoms. The Morgan fingerprint density at radius 1 is 0.489 bits per heavy atom. The Bertz CT molecular complexity index is 1620. The molecule has 0 saturated carbocycles. The molecule has 0 aliphatic heterocycles. The predicted molar refractivity (Wildman–Crippen MR) is 200 cm³/mol. The third kappa shape index (κ3) is 9.04. The number of aromatic nitrogens is 1. The van der Waals surface area contributed by atoms with Crippen LogP contribution in [0.5, 0.6) is 11.5 Å². The van der Waals surface area contributed by atoms with E-state index in [1.54, 1.807) is 0 Å². The molecule has 0 radical (unpaired) electrons. The van der Waals surface area contributed by atoms with Crippen molar-refractivity contribution in [1.82, 2.24) is 4.98 Å². The smallest absolute Gasteiger partial charge is 0.128 e. The molecule has 4 nitrogen and oxygen atoms in total. The topological polar surface area (TPSA) is 34.6 Å². The van der Waals surface area contributed by atoms with Gasteiger partial charge in [0.15, 0.2) is 0 Å². The van der Waals surface area contributed by atoms with Crippen LogP contribution in [0.4, 0.5) is 5.69 Å². The van der Waals surface area contributed by atoms with E-state index in [1.807, 2.05) is 12.1 Å². The summed E-state index contributed by atoms with van der Waals surface area (Å²) in [5, 5.41) is 0. The molecule has 5 aromatic rings. The molecule has 5 rings (SSSR count). The highest BCUT2D eigenvalue weighted by atomic mass is 16.5. The Morgan fingerprint density at radius 3 is 1.55 bits per heavy atom. The third-order valence-corrected chi connectivity index (χ3v) is 8.58. The molecule has 0 N–H and O–H groups in total. The van der Waals surface area contributed by atoms with Gasteiger partial charge in [-0.25, -0.2) is 4.98 Å². The lowest BCUT2D eigenvalue weighted by molar-refractivity contribution is 0.306. The van der Waals surface area contributed by atoms with E-state index >= 15 is 0 Å². The van der Waals surface area contributed by atoms with Crippen LogP contribution in [0.15, 0.2) is 109 Å². The van der Waals surface area contributed by atoms with Crippen molar-refractivity contribution in [3.8, 4) is 56.3 Å². The monoisotopic (exact) mass is 626 g/mol. The summed E-state index contributed by atoms with van der Waals surface area (Å²) < 4.78 is 12.8. The molecule has 0 spiro atoms. The van der Waals surface area contributed by atoms with Crippen molar-refractivity contribution in [3.05, 3.63) is 109 Å². The van der Waals surface area contributed by atoms with Crippen molar-refractivity contribution in [1.29, 1.82) is 0 Å². The van der Waals surface area contributed by atoms with Crippen LogP contribution in [0.1, 0.15) is 65.2 Å². The summed E-state index contributed by atoms with van der Waals surface area (Å²) in [5.41, 5.74) is 9.52. The van der Waals surface area contributed by atoms with Gasteiger partial charge in [-0.05, 0) is 83.6 Å². The maximum absolute atomic E-state index is 6.41. The Labute approximate surface area is 282 Å². The second-order valence-electron chi connectivity index (χ2n) is 12.4. The lowest BCUT2D eigenvalue weighted by Crippen LogP contribution is -2.08. The molecule has 47 heavy (non-hydrogen) atoms. The largest absolute Gasteiger partial charge is 0.493 e. The van der Waals surface area contributed by atoms with Gasteiger partial charge in [-0.3, -0.25) is 0 Å². The molecule has 0 unspecified atom stereocenters. The minimum atomic E-state index is 0.696. The maximum Gasteiger partial charge on any atom is 0.128 e. The molecule has 0 saturated heterocycles. The van der Waals surface area contributed by atoms with Crippen LogP contribution in [0.25, 0.3) is 44.8 Å². The quantitative estimate of drug-likeness (QED) is 0.0962. The van der Waals surface area contributed by atoms with Crippen LogP contribution in [-0.2, 0) is 0 Å². The zero-order valence-electron chi connectivity index (χ0n) is 28.7. The van der Waals surface area contributed by atoms with E-state index in [2.05, 4.69) is 130 Å². The van der Waals surface area contributed by atoms with Gasteiger partial charge in [0.1, 0.15) is 11.5 Å². The molecule has 244 valence electrons. The Kier molecular flexibility index (Phi) is 12.5. The molecule has 1 aromatic heterocycles. The average Bonchev–Trinajstić information content (AvgIpc) is 3.11. The molecule has 1 heterocycles. The highest BCUT2D eigenvalue weighted by Gasteiger charge is 2.18. The molecular weight excluding hydrogens is 576 g/mol. The molecule has 0 bridgehead atoms. The summed E-state index contributed by atoms with van der Waals surface area (Å²) in [4.78, 5) is 7.48. The molecule has 0 atom stereocenters. The molecule has 0 amide bonds. The second-order valence-corrected chi connectivity index (χ2v) is 12.4. The van der Waals surface area contributed by atoms with Gasteiger partial charge in [-0.2, -0.15) is 0 Å². The van der Waals surface area contributed by atoms with Crippen molar-refractivity contribution in [3.63, 3.8) is 0 Å². The van der Waals surface area contributed by atoms with Gasteiger partial charge >= 0.3 is 0 Å². The van der Waals surface area contributed by atoms with Crippen molar-refractivity contribution < 1.29 is 9.47 Å². The number of nitrogens with zero attached hydrogens (tertiary/aromatic N) is 2. The maximum atomic E-state index is 6.41. The number of anilines is 1. The van der Waals surface area contributed by atoms with E-state index in [0.717, 1.165) is 63.7 Å². The highest BCUT2D eigenvalue weighted by Crippen LogP contribution is 2.41. The number of unbranched alkanes of at least 4 members (excludes halogenated alkanes) is 6. The second kappa shape index (κ2) is 17.4. The SMILES string of the molecule is CCCCCCOc1ccccc1-c1cc(-c2cc(N(C)C)ccc2-c2ccccc2)cc(-c2ccccc2OCCCCCC)n1. The summed E-state index contributed by atoms with van der Waals surface area (Å²) in [5.74, 6) is 1.73. The Balaban J connectivity index is 1.65. The van der Waals surface area contributed by atoms with Gasteiger partial charge in [0.2, 0.25) is 0 Å². The molecular formula is C43H50N2O2. The Morgan fingerprint density at radius 2 is 1.02 bits per heavy atom. The van der Waals surface area contributed by atoms with Crippen LogP contribution in [0.2, 0.25) is 0 Å². The summed E-state index contributed by atoms with van der Waals surface area (Å²) >= 11 is 0. The first kappa shape index (κ1) is 33.8. The summed E-state index contributed by atoms with van der Waals surface area (Å²) in [6.07, 6.45) is 9.32. The van der Waals surface area contributed by atoms with Gasteiger partial charge in [-0.1, -0.05) is 113 Å². The fraction of sp³-hybridized carbons (Fsp3) is 0.326. The van der Waals surface area contributed by atoms with Crippen molar-refractivity contribution in [2.24, 2.45) is 0 Å². The van der Waals surface area contributed by atoms with Crippen molar-refractivity contribution in [2.75, 3.05) is 32.2 Å². The number of hydrogen-bond acceptors (Lipinski definition) is 4. The van der Waals surface area contributed by atoms with Crippen LogP contribution in [-0.4, -0.2) is 32.3 Å². The van der Waals surface area contributed by atoms with Gasteiger partial charge in [0.05, 0.1) is 24.6 Å². The van der Waals surface area contributed by atoms with E-state index in [9.17, 15) is 0 Å². The molecule has 0 aliphatic carbocycles. The van der Waals surface area contributed by atoms with E-state index in [0.29, 0.717) is 13.2 Å². The zero-order chi connectivity index (χ0) is 32.8. The zero-order valence-corrected chi connectivity index (χ0v) is 28.7. The Hall–Kier alpha value is -4.57. The minimum absolute atomic E-state index is 0.696. The summed E-state index contributed by atoms with van der Waals surface area (Å²) in [6, 6.07) is 38.4. The van der Waals surface area contributed by atoms with E-state index < -0.39 is 0 Å². The first-order valence-corrected chi connectivity index (χ1v) is 17.4. The standard InChI is InChI=1S/C43H50N2O2/c1-5-7-9-18-28-46-42-24-16-14-22-37(42)40-30-34(39-32-35(45(3)4)26-27-36(39)33-20-12-11-13-21-33)31-41(44-40)38-23-15-17-25-43(38)47-29-19-10-8-6-2/h11-17,20-27,30-32H,5-10,18-19,28-29H2,1-4H3. The number of hydrogen-bond donors (Lipinski definition) is 0. The molecule has 4 aromatic carbocycles. The van der Waals surface area contributed by atoms with E-state index in [4.69, 9.17) is 14.5 Å². The first-order chi connectivity index (χ1) is 23.1. The average molecular weight is 627 g/mol.